The number of hydrogen-bond donors (Lipinski definition) is 2. The normalized spacial score (nSPS) is 33.5. The number of hydrogen-bond acceptors (Lipinski definition) is 4. The highest BCUT2D eigenvalue weighted by molar-refractivity contribution is 5.20. The zero-order valence-electron chi connectivity index (χ0n) is 15.7. The van der Waals surface area contributed by atoms with Crippen LogP contribution < -0.4 is 10.9 Å². The van der Waals surface area contributed by atoms with Gasteiger partial charge in [-0.15, -0.1) is 0 Å². The Morgan fingerprint density at radius 1 is 1.00 bits per heavy atom. The second-order valence-corrected chi connectivity index (χ2v) is 8.40. The van der Waals surface area contributed by atoms with Crippen LogP contribution in [0.4, 0.5) is 0 Å². The summed E-state index contributed by atoms with van der Waals surface area (Å²) in [5.41, 5.74) is 8.29. The van der Waals surface area contributed by atoms with E-state index in [0.29, 0.717) is 12.0 Å². The van der Waals surface area contributed by atoms with E-state index in [0.717, 1.165) is 18.5 Å². The molecule has 3 aliphatic rings. The van der Waals surface area contributed by atoms with Gasteiger partial charge in [0, 0.05) is 31.6 Å². The average molecular weight is 343 g/mol. The van der Waals surface area contributed by atoms with Crippen LogP contribution in [0.5, 0.6) is 0 Å². The Labute approximate surface area is 152 Å². The van der Waals surface area contributed by atoms with E-state index in [1.54, 1.807) is 0 Å². The van der Waals surface area contributed by atoms with Crippen molar-refractivity contribution in [2.45, 2.75) is 44.2 Å². The van der Waals surface area contributed by atoms with E-state index in [9.17, 15) is 0 Å². The number of hydrazine groups is 1. The summed E-state index contributed by atoms with van der Waals surface area (Å²) in [4.78, 5) is 5.40. The molecule has 4 atom stereocenters. The first-order valence-corrected chi connectivity index (χ1v) is 10.3. The third kappa shape index (κ3) is 4.08. The van der Waals surface area contributed by atoms with E-state index in [4.69, 9.17) is 0 Å². The van der Waals surface area contributed by atoms with Gasteiger partial charge >= 0.3 is 0 Å². The van der Waals surface area contributed by atoms with E-state index < -0.39 is 0 Å². The van der Waals surface area contributed by atoms with Gasteiger partial charge in [0.1, 0.15) is 0 Å². The van der Waals surface area contributed by atoms with Gasteiger partial charge in [0.25, 0.3) is 0 Å². The fourth-order valence-corrected chi connectivity index (χ4v) is 5.39. The maximum absolute atomic E-state index is 3.49. The van der Waals surface area contributed by atoms with Crippen molar-refractivity contribution in [2.75, 3.05) is 39.8 Å². The first kappa shape index (κ1) is 17.5. The summed E-state index contributed by atoms with van der Waals surface area (Å²) in [7, 11) is 2.34. The molecule has 3 fully saturated rings. The molecule has 3 saturated heterocycles. The minimum absolute atomic E-state index is 0.432. The molecule has 138 valence electrons. The summed E-state index contributed by atoms with van der Waals surface area (Å²) < 4.78 is 0. The number of benzene rings is 1. The van der Waals surface area contributed by atoms with Crippen LogP contribution in [0.3, 0.4) is 0 Å². The lowest BCUT2D eigenvalue weighted by atomic mass is 9.83. The molecule has 1 aromatic carbocycles. The van der Waals surface area contributed by atoms with Crippen molar-refractivity contribution in [3.63, 3.8) is 0 Å². The van der Waals surface area contributed by atoms with Crippen LogP contribution in [-0.4, -0.2) is 55.6 Å². The summed E-state index contributed by atoms with van der Waals surface area (Å²) in [5.74, 6) is 1.51. The van der Waals surface area contributed by atoms with Crippen molar-refractivity contribution in [2.24, 2.45) is 11.8 Å². The van der Waals surface area contributed by atoms with Crippen LogP contribution in [0.2, 0.25) is 0 Å². The molecule has 0 bridgehead atoms. The molecule has 0 saturated carbocycles. The average Bonchev–Trinajstić information content (AvgIpc) is 3.11. The van der Waals surface area contributed by atoms with Crippen molar-refractivity contribution < 1.29 is 0 Å². The second-order valence-electron chi connectivity index (χ2n) is 8.40. The minimum atomic E-state index is 0.432. The van der Waals surface area contributed by atoms with E-state index in [-0.39, 0.29) is 0 Å². The SMILES string of the molecule is CN(CC1CNNC1c1ccccc1)C[C@@H]1CCCN2CCCC[C@H]12. The van der Waals surface area contributed by atoms with Crippen LogP contribution in [0, 0.1) is 11.8 Å². The topological polar surface area (TPSA) is 30.5 Å². The minimum Gasteiger partial charge on any atom is -0.306 e. The third-order valence-electron chi connectivity index (χ3n) is 6.57. The van der Waals surface area contributed by atoms with Gasteiger partial charge in [0.05, 0.1) is 6.04 Å². The highest BCUT2D eigenvalue weighted by Gasteiger charge is 2.34. The number of piperidine rings is 2. The molecule has 0 spiro atoms. The van der Waals surface area contributed by atoms with E-state index in [1.807, 2.05) is 0 Å². The predicted molar refractivity (Wildman–Crippen MR) is 103 cm³/mol. The molecule has 0 radical (unpaired) electrons. The highest BCUT2D eigenvalue weighted by Crippen LogP contribution is 2.32. The lowest BCUT2D eigenvalue weighted by molar-refractivity contribution is 0.0423. The zero-order chi connectivity index (χ0) is 17.1. The number of rotatable bonds is 5. The maximum Gasteiger partial charge on any atom is 0.0515 e. The molecule has 4 heteroatoms. The Morgan fingerprint density at radius 3 is 2.68 bits per heavy atom. The van der Waals surface area contributed by atoms with Crippen LogP contribution in [0.1, 0.15) is 43.7 Å². The molecule has 25 heavy (non-hydrogen) atoms. The van der Waals surface area contributed by atoms with Crippen LogP contribution in [-0.2, 0) is 0 Å². The Hall–Kier alpha value is -0.940. The molecule has 3 heterocycles. The van der Waals surface area contributed by atoms with Crippen molar-refractivity contribution in [1.29, 1.82) is 0 Å². The Balaban J connectivity index is 1.34. The zero-order valence-corrected chi connectivity index (χ0v) is 15.7. The van der Waals surface area contributed by atoms with E-state index >= 15 is 0 Å². The van der Waals surface area contributed by atoms with Gasteiger partial charge < -0.3 is 9.80 Å². The number of nitrogens with one attached hydrogen (secondary N) is 2. The first-order valence-electron chi connectivity index (χ1n) is 10.3. The molecule has 4 rings (SSSR count). The van der Waals surface area contributed by atoms with Gasteiger partial charge in [-0.1, -0.05) is 36.8 Å². The van der Waals surface area contributed by atoms with Crippen LogP contribution in [0.15, 0.2) is 30.3 Å². The molecular formula is C21H34N4. The van der Waals surface area contributed by atoms with Crippen LogP contribution in [0.25, 0.3) is 0 Å². The van der Waals surface area contributed by atoms with Crippen molar-refractivity contribution in [3.05, 3.63) is 35.9 Å². The fourth-order valence-electron chi connectivity index (χ4n) is 5.39. The monoisotopic (exact) mass is 342 g/mol. The summed E-state index contributed by atoms with van der Waals surface area (Å²) >= 11 is 0. The van der Waals surface area contributed by atoms with Gasteiger partial charge in [-0.2, -0.15) is 0 Å². The quantitative estimate of drug-likeness (QED) is 0.861. The maximum atomic E-state index is 3.49. The van der Waals surface area contributed by atoms with Gasteiger partial charge in [-0.05, 0) is 57.3 Å². The summed E-state index contributed by atoms with van der Waals surface area (Å²) in [6, 6.07) is 12.2. The highest BCUT2D eigenvalue weighted by atomic mass is 15.4. The van der Waals surface area contributed by atoms with Crippen LogP contribution >= 0.6 is 0 Å². The van der Waals surface area contributed by atoms with E-state index in [1.165, 1.54) is 63.8 Å². The standard InChI is InChI=1S/C21H34N4/c1-24(15-18-10-7-13-25-12-6-5-11-20(18)25)16-19-14-22-23-21(19)17-8-3-2-4-9-17/h2-4,8-9,18-23H,5-7,10-16H2,1H3/t18-,19?,20+,21?/m0/s1. The summed E-state index contributed by atoms with van der Waals surface area (Å²) in [6.07, 6.45) is 7.10. The molecule has 4 nitrogen and oxygen atoms in total. The smallest absolute Gasteiger partial charge is 0.0515 e. The Bertz CT molecular complexity index is 532. The first-order chi connectivity index (χ1) is 12.3. The molecule has 0 amide bonds. The molecule has 1 aromatic rings. The van der Waals surface area contributed by atoms with E-state index in [2.05, 4.69) is 58.0 Å². The molecule has 2 N–H and O–H groups in total. The van der Waals surface area contributed by atoms with Gasteiger partial charge in [-0.3, -0.25) is 5.43 Å². The van der Waals surface area contributed by atoms with Crippen molar-refractivity contribution >= 4 is 0 Å². The fraction of sp³-hybridized carbons (Fsp3) is 0.714. The molecular weight excluding hydrogens is 308 g/mol. The van der Waals surface area contributed by atoms with Gasteiger partial charge in [0.15, 0.2) is 0 Å². The van der Waals surface area contributed by atoms with Gasteiger partial charge in [0.2, 0.25) is 0 Å². The second kappa shape index (κ2) is 8.17. The lowest BCUT2D eigenvalue weighted by Gasteiger charge is -2.45. The number of nitrogens with zero attached hydrogens (tertiary/aromatic N) is 2. The molecule has 0 aromatic heterocycles. The molecule has 3 aliphatic heterocycles. The molecule has 0 aliphatic carbocycles. The number of fused-ring (bicyclic) bond motifs is 1. The lowest BCUT2D eigenvalue weighted by Crippen LogP contribution is -2.51. The molecule has 2 unspecified atom stereocenters. The third-order valence-corrected chi connectivity index (χ3v) is 6.57. The summed E-state index contributed by atoms with van der Waals surface area (Å²) in [5, 5.41) is 0. The Morgan fingerprint density at radius 2 is 1.80 bits per heavy atom. The predicted octanol–water partition coefficient (Wildman–Crippen LogP) is 2.65. The Kier molecular flexibility index (Phi) is 5.71. The summed E-state index contributed by atoms with van der Waals surface area (Å²) in [6.45, 7) is 6.18. The van der Waals surface area contributed by atoms with Gasteiger partial charge in [-0.25, -0.2) is 5.43 Å². The van der Waals surface area contributed by atoms with Crippen molar-refractivity contribution in [3.8, 4) is 0 Å². The largest absolute Gasteiger partial charge is 0.306 e. The van der Waals surface area contributed by atoms with Crippen molar-refractivity contribution in [1.82, 2.24) is 20.7 Å².